The maximum Gasteiger partial charge on any atom is 0.255 e. The largest absolute Gasteiger partial charge is 0.324 e. The molecular formula is C15H13FN4O. The van der Waals surface area contributed by atoms with Gasteiger partial charge in [-0.2, -0.15) is 5.26 Å². The number of aryl methyl sites for hydroxylation is 1. The monoisotopic (exact) mass is 284 g/mol. The van der Waals surface area contributed by atoms with E-state index in [2.05, 4.69) is 10.7 Å². The Morgan fingerprint density at radius 2 is 2.05 bits per heavy atom. The van der Waals surface area contributed by atoms with Crippen LogP contribution in [0.25, 0.3) is 0 Å². The number of halogens is 1. The van der Waals surface area contributed by atoms with E-state index >= 15 is 0 Å². The highest BCUT2D eigenvalue weighted by atomic mass is 19.1. The van der Waals surface area contributed by atoms with E-state index in [9.17, 15) is 9.18 Å². The van der Waals surface area contributed by atoms with Gasteiger partial charge in [-0.3, -0.25) is 10.6 Å². The molecule has 0 fully saturated rings. The Morgan fingerprint density at radius 1 is 1.29 bits per heavy atom. The van der Waals surface area contributed by atoms with Crippen LogP contribution in [0.15, 0.2) is 36.4 Å². The Kier molecular flexibility index (Phi) is 4.16. The number of nitrogen functional groups attached to an aromatic ring is 1. The summed E-state index contributed by atoms with van der Waals surface area (Å²) in [5.74, 6) is 4.39. The van der Waals surface area contributed by atoms with Gasteiger partial charge in [0.15, 0.2) is 0 Å². The molecule has 21 heavy (non-hydrogen) atoms. The maximum absolute atomic E-state index is 13.1. The van der Waals surface area contributed by atoms with Crippen LogP contribution in [0.4, 0.5) is 15.8 Å². The van der Waals surface area contributed by atoms with Crippen molar-refractivity contribution in [1.29, 1.82) is 5.26 Å². The molecule has 0 saturated carbocycles. The number of benzene rings is 2. The SMILES string of the molecule is Cc1cc(NN)ccc1C(=O)Nc1ccc(F)cc1C#N. The number of carbonyl (C=O) groups is 1. The van der Waals surface area contributed by atoms with Crippen molar-refractivity contribution in [3.05, 3.63) is 58.9 Å². The minimum absolute atomic E-state index is 0.0706. The van der Waals surface area contributed by atoms with Gasteiger partial charge in [0.1, 0.15) is 11.9 Å². The first-order chi connectivity index (χ1) is 10.0. The molecule has 0 saturated heterocycles. The van der Waals surface area contributed by atoms with Crippen LogP contribution in [-0.2, 0) is 0 Å². The highest BCUT2D eigenvalue weighted by Crippen LogP contribution is 2.19. The lowest BCUT2D eigenvalue weighted by atomic mass is 10.1. The van der Waals surface area contributed by atoms with Crippen LogP contribution >= 0.6 is 0 Å². The zero-order valence-electron chi connectivity index (χ0n) is 11.3. The van der Waals surface area contributed by atoms with E-state index in [0.717, 1.165) is 11.6 Å². The summed E-state index contributed by atoms with van der Waals surface area (Å²) in [5.41, 5.74) is 4.69. The summed E-state index contributed by atoms with van der Waals surface area (Å²) in [5, 5.41) is 11.6. The minimum Gasteiger partial charge on any atom is -0.324 e. The molecule has 0 aromatic heterocycles. The van der Waals surface area contributed by atoms with Gasteiger partial charge in [0, 0.05) is 11.3 Å². The number of hydrazine groups is 1. The Hall–Kier alpha value is -2.91. The molecule has 0 aliphatic carbocycles. The average molecular weight is 284 g/mol. The van der Waals surface area contributed by atoms with Crippen LogP contribution in [0, 0.1) is 24.1 Å². The Morgan fingerprint density at radius 3 is 2.67 bits per heavy atom. The fraction of sp³-hybridized carbons (Fsp3) is 0.0667. The third-order valence-electron chi connectivity index (χ3n) is 2.99. The molecule has 0 radical (unpaired) electrons. The predicted molar refractivity (Wildman–Crippen MR) is 78.1 cm³/mol. The number of rotatable bonds is 3. The molecule has 0 aliphatic heterocycles. The van der Waals surface area contributed by atoms with Gasteiger partial charge in [0.25, 0.3) is 5.91 Å². The van der Waals surface area contributed by atoms with E-state index in [-0.39, 0.29) is 17.2 Å². The van der Waals surface area contributed by atoms with Gasteiger partial charge in [-0.15, -0.1) is 0 Å². The molecule has 0 heterocycles. The second-order valence-corrected chi connectivity index (χ2v) is 4.43. The summed E-state index contributed by atoms with van der Waals surface area (Å²) >= 11 is 0. The van der Waals surface area contributed by atoms with Crippen molar-refractivity contribution in [3.63, 3.8) is 0 Å². The molecule has 2 aromatic rings. The number of nitrogens with one attached hydrogen (secondary N) is 2. The van der Waals surface area contributed by atoms with Crippen LogP contribution in [0.5, 0.6) is 0 Å². The number of carbonyl (C=O) groups excluding carboxylic acids is 1. The topological polar surface area (TPSA) is 90.9 Å². The number of hydrogen-bond donors (Lipinski definition) is 3. The third-order valence-corrected chi connectivity index (χ3v) is 2.99. The molecule has 0 bridgehead atoms. The number of nitrogens with zero attached hydrogens (tertiary/aromatic N) is 1. The van der Waals surface area contributed by atoms with Gasteiger partial charge in [-0.1, -0.05) is 0 Å². The van der Waals surface area contributed by atoms with Crippen molar-refractivity contribution in [2.24, 2.45) is 5.84 Å². The fourth-order valence-corrected chi connectivity index (χ4v) is 1.92. The number of amides is 1. The summed E-state index contributed by atoms with van der Waals surface area (Å²) in [6.07, 6.45) is 0. The van der Waals surface area contributed by atoms with Crippen LogP contribution in [0.1, 0.15) is 21.5 Å². The van der Waals surface area contributed by atoms with Crippen molar-refractivity contribution >= 4 is 17.3 Å². The quantitative estimate of drug-likeness (QED) is 0.596. The fourth-order valence-electron chi connectivity index (χ4n) is 1.92. The second-order valence-electron chi connectivity index (χ2n) is 4.43. The summed E-state index contributed by atoms with van der Waals surface area (Å²) < 4.78 is 13.1. The molecule has 106 valence electrons. The molecule has 0 aliphatic rings. The lowest BCUT2D eigenvalue weighted by molar-refractivity contribution is 0.102. The first-order valence-corrected chi connectivity index (χ1v) is 6.13. The molecule has 2 rings (SSSR count). The first kappa shape index (κ1) is 14.5. The molecule has 1 amide bonds. The average Bonchev–Trinajstić information content (AvgIpc) is 2.48. The van der Waals surface area contributed by atoms with Crippen molar-refractivity contribution in [3.8, 4) is 6.07 Å². The smallest absolute Gasteiger partial charge is 0.255 e. The van der Waals surface area contributed by atoms with E-state index in [1.807, 2.05) is 6.07 Å². The molecule has 5 nitrogen and oxygen atoms in total. The van der Waals surface area contributed by atoms with Gasteiger partial charge in [0.2, 0.25) is 0 Å². The number of anilines is 2. The molecule has 2 aromatic carbocycles. The van der Waals surface area contributed by atoms with Gasteiger partial charge < -0.3 is 10.7 Å². The predicted octanol–water partition coefficient (Wildman–Crippen LogP) is 2.54. The Labute approximate surface area is 121 Å². The summed E-state index contributed by atoms with van der Waals surface area (Å²) in [6, 6.07) is 10.5. The van der Waals surface area contributed by atoms with E-state index in [1.54, 1.807) is 25.1 Å². The highest BCUT2D eigenvalue weighted by Gasteiger charge is 2.12. The highest BCUT2D eigenvalue weighted by molar-refractivity contribution is 6.06. The van der Waals surface area contributed by atoms with Gasteiger partial charge in [0.05, 0.1) is 11.3 Å². The number of hydrogen-bond acceptors (Lipinski definition) is 4. The second kappa shape index (κ2) is 6.03. The molecule has 6 heteroatoms. The normalized spacial score (nSPS) is 9.81. The molecule has 4 N–H and O–H groups in total. The Bertz CT molecular complexity index is 737. The summed E-state index contributed by atoms with van der Waals surface area (Å²) in [4.78, 5) is 12.2. The van der Waals surface area contributed by atoms with E-state index in [1.165, 1.54) is 12.1 Å². The van der Waals surface area contributed by atoms with Gasteiger partial charge in [-0.05, 0) is 48.9 Å². The first-order valence-electron chi connectivity index (χ1n) is 6.13. The standard InChI is InChI=1S/C15H13FN4O/c1-9-6-12(20-18)3-4-13(9)15(21)19-14-5-2-11(16)7-10(14)8-17/h2-7,20H,18H2,1H3,(H,19,21). The summed E-state index contributed by atoms with van der Waals surface area (Å²) in [7, 11) is 0. The number of nitrogens with two attached hydrogens (primary N) is 1. The van der Waals surface area contributed by atoms with Gasteiger partial charge in [-0.25, -0.2) is 4.39 Å². The van der Waals surface area contributed by atoms with Crippen LogP contribution in [-0.4, -0.2) is 5.91 Å². The van der Waals surface area contributed by atoms with Crippen LogP contribution in [0.2, 0.25) is 0 Å². The summed E-state index contributed by atoms with van der Waals surface area (Å²) in [6.45, 7) is 1.77. The van der Waals surface area contributed by atoms with Crippen molar-refractivity contribution in [2.75, 3.05) is 10.7 Å². The van der Waals surface area contributed by atoms with E-state index in [4.69, 9.17) is 11.1 Å². The number of nitriles is 1. The van der Waals surface area contributed by atoms with Crippen molar-refractivity contribution < 1.29 is 9.18 Å². The van der Waals surface area contributed by atoms with E-state index < -0.39 is 5.82 Å². The third kappa shape index (κ3) is 3.16. The lowest BCUT2D eigenvalue weighted by Crippen LogP contribution is -2.15. The zero-order valence-corrected chi connectivity index (χ0v) is 11.3. The molecule has 0 spiro atoms. The lowest BCUT2D eigenvalue weighted by Gasteiger charge is -2.10. The van der Waals surface area contributed by atoms with Crippen LogP contribution < -0.4 is 16.6 Å². The van der Waals surface area contributed by atoms with Crippen LogP contribution in [0.3, 0.4) is 0 Å². The molecule has 0 atom stereocenters. The van der Waals surface area contributed by atoms with E-state index in [0.29, 0.717) is 11.3 Å². The van der Waals surface area contributed by atoms with Gasteiger partial charge >= 0.3 is 0 Å². The van der Waals surface area contributed by atoms with Crippen molar-refractivity contribution in [1.82, 2.24) is 0 Å². The molecule has 0 unspecified atom stereocenters. The zero-order chi connectivity index (χ0) is 15.4. The maximum atomic E-state index is 13.1. The minimum atomic E-state index is -0.529. The van der Waals surface area contributed by atoms with Crippen molar-refractivity contribution in [2.45, 2.75) is 6.92 Å². The Balaban J connectivity index is 2.29. The molecular weight excluding hydrogens is 271 g/mol.